The quantitative estimate of drug-likeness (QED) is 0.779. The molecule has 1 aromatic rings. The zero-order valence-corrected chi connectivity index (χ0v) is 9.71. The van der Waals surface area contributed by atoms with Crippen molar-refractivity contribution in [1.29, 1.82) is 0 Å². The maximum Gasteiger partial charge on any atom is 0.152 e. The van der Waals surface area contributed by atoms with E-state index in [1.165, 1.54) is 6.07 Å². The number of hydrogen-bond acceptors (Lipinski definition) is 3. The normalized spacial score (nSPS) is 20.8. The molecule has 1 aliphatic rings. The van der Waals surface area contributed by atoms with Gasteiger partial charge in [-0.25, -0.2) is 12.8 Å². The first kappa shape index (κ1) is 11.5. The summed E-state index contributed by atoms with van der Waals surface area (Å²) < 4.78 is 35.8. The predicted octanol–water partition coefficient (Wildman–Crippen LogP) is 1.06. The molecule has 0 atom stereocenters. The van der Waals surface area contributed by atoms with Gasteiger partial charge in [0.25, 0.3) is 0 Å². The van der Waals surface area contributed by atoms with E-state index >= 15 is 0 Å². The van der Waals surface area contributed by atoms with Crippen molar-refractivity contribution in [3.05, 3.63) is 35.6 Å². The molecule has 1 heterocycles. The fraction of sp³-hybridized carbons (Fsp3) is 0.455. The van der Waals surface area contributed by atoms with Crippen LogP contribution >= 0.6 is 0 Å². The molecule has 88 valence electrons. The second-order valence-electron chi connectivity index (χ2n) is 4.02. The summed E-state index contributed by atoms with van der Waals surface area (Å²) in [6.45, 7) is 1.48. The second-order valence-corrected chi connectivity index (χ2v) is 6.32. The van der Waals surface area contributed by atoms with Crippen LogP contribution in [0.3, 0.4) is 0 Å². The van der Waals surface area contributed by atoms with Crippen LogP contribution in [0, 0.1) is 5.82 Å². The summed E-state index contributed by atoms with van der Waals surface area (Å²) in [6.07, 6.45) is 0. The molecule has 1 aromatic carbocycles. The number of benzene rings is 1. The molecule has 5 heteroatoms. The monoisotopic (exact) mass is 243 g/mol. The average Bonchev–Trinajstić information content (AvgIpc) is 2.24. The third-order valence-electron chi connectivity index (χ3n) is 2.79. The van der Waals surface area contributed by atoms with Crippen LogP contribution < -0.4 is 0 Å². The van der Waals surface area contributed by atoms with Crippen molar-refractivity contribution >= 4 is 9.84 Å². The molecule has 16 heavy (non-hydrogen) atoms. The van der Waals surface area contributed by atoms with E-state index < -0.39 is 9.84 Å². The predicted molar refractivity (Wildman–Crippen MR) is 60.3 cm³/mol. The molecule has 0 spiro atoms. The highest BCUT2D eigenvalue weighted by Crippen LogP contribution is 2.12. The van der Waals surface area contributed by atoms with Crippen LogP contribution in [0.25, 0.3) is 0 Å². The third-order valence-corrected chi connectivity index (χ3v) is 4.40. The van der Waals surface area contributed by atoms with Gasteiger partial charge >= 0.3 is 0 Å². The fourth-order valence-corrected chi connectivity index (χ4v) is 3.05. The second kappa shape index (κ2) is 4.51. The Labute approximate surface area is 94.8 Å². The Balaban J connectivity index is 2.00. The van der Waals surface area contributed by atoms with Gasteiger partial charge in [-0.15, -0.1) is 0 Å². The van der Waals surface area contributed by atoms with Crippen LogP contribution in [0.5, 0.6) is 0 Å². The number of rotatable bonds is 2. The fourth-order valence-electron chi connectivity index (χ4n) is 1.78. The van der Waals surface area contributed by atoms with Gasteiger partial charge in [0.15, 0.2) is 9.84 Å². The molecule has 0 amide bonds. The summed E-state index contributed by atoms with van der Waals surface area (Å²) in [5.41, 5.74) is 0.627. The Kier molecular flexibility index (Phi) is 3.25. The summed E-state index contributed by atoms with van der Waals surface area (Å²) in [5.74, 6) is 0.138. The Hall–Kier alpha value is -0.940. The summed E-state index contributed by atoms with van der Waals surface area (Å²) in [6, 6.07) is 6.60. The van der Waals surface area contributed by atoms with E-state index in [0.717, 1.165) is 0 Å². The van der Waals surface area contributed by atoms with Crippen LogP contribution in [-0.2, 0) is 16.4 Å². The van der Waals surface area contributed by atoms with Gasteiger partial charge in [-0.2, -0.15) is 0 Å². The Morgan fingerprint density at radius 2 is 1.81 bits per heavy atom. The molecular formula is C11H14FNO2S. The Morgan fingerprint density at radius 1 is 1.19 bits per heavy atom. The SMILES string of the molecule is O=S1(=O)CCN(Cc2ccccc2F)CC1. The van der Waals surface area contributed by atoms with Crippen LogP contribution in [0.1, 0.15) is 5.56 Å². The van der Waals surface area contributed by atoms with E-state index in [9.17, 15) is 12.8 Å². The molecule has 0 radical (unpaired) electrons. The standard InChI is InChI=1S/C11H14FNO2S/c12-11-4-2-1-3-10(11)9-13-5-7-16(14,15)8-6-13/h1-4H,5-9H2. The number of hydrogen-bond donors (Lipinski definition) is 0. The minimum Gasteiger partial charge on any atom is -0.297 e. The lowest BCUT2D eigenvalue weighted by molar-refractivity contribution is 0.283. The zero-order chi connectivity index (χ0) is 11.6. The minimum atomic E-state index is -2.85. The molecule has 3 nitrogen and oxygen atoms in total. The Bertz CT molecular complexity index is 459. The van der Waals surface area contributed by atoms with Crippen molar-refractivity contribution < 1.29 is 12.8 Å². The smallest absolute Gasteiger partial charge is 0.152 e. The van der Waals surface area contributed by atoms with Gasteiger partial charge in [0.2, 0.25) is 0 Å². The molecule has 1 aliphatic heterocycles. The maximum atomic E-state index is 13.4. The summed E-state index contributed by atoms with van der Waals surface area (Å²) >= 11 is 0. The summed E-state index contributed by atoms with van der Waals surface area (Å²) in [5, 5.41) is 0. The molecule has 2 rings (SSSR count). The zero-order valence-electron chi connectivity index (χ0n) is 8.89. The first-order valence-electron chi connectivity index (χ1n) is 5.23. The van der Waals surface area contributed by atoms with Crippen LogP contribution in [0.2, 0.25) is 0 Å². The highest BCUT2D eigenvalue weighted by Gasteiger charge is 2.21. The molecule has 0 unspecified atom stereocenters. The third kappa shape index (κ3) is 2.80. The van der Waals surface area contributed by atoms with E-state index in [0.29, 0.717) is 25.2 Å². The largest absolute Gasteiger partial charge is 0.297 e. The van der Waals surface area contributed by atoms with E-state index in [-0.39, 0.29) is 17.3 Å². The van der Waals surface area contributed by atoms with E-state index in [1.807, 2.05) is 4.90 Å². The van der Waals surface area contributed by atoms with Gasteiger partial charge in [0.05, 0.1) is 11.5 Å². The summed E-state index contributed by atoms with van der Waals surface area (Å²) in [7, 11) is -2.85. The van der Waals surface area contributed by atoms with Crippen LogP contribution in [0.15, 0.2) is 24.3 Å². The molecule has 0 bridgehead atoms. The van der Waals surface area contributed by atoms with Gasteiger partial charge in [0.1, 0.15) is 5.82 Å². The molecule has 1 saturated heterocycles. The van der Waals surface area contributed by atoms with Crippen molar-refractivity contribution in [2.75, 3.05) is 24.6 Å². The van der Waals surface area contributed by atoms with Gasteiger partial charge in [0, 0.05) is 25.2 Å². The topological polar surface area (TPSA) is 37.4 Å². The lowest BCUT2D eigenvalue weighted by Crippen LogP contribution is -2.39. The van der Waals surface area contributed by atoms with Crippen molar-refractivity contribution in [2.45, 2.75) is 6.54 Å². The number of halogens is 1. The first-order valence-corrected chi connectivity index (χ1v) is 7.05. The molecule has 0 N–H and O–H groups in total. The maximum absolute atomic E-state index is 13.4. The van der Waals surface area contributed by atoms with E-state index in [1.54, 1.807) is 18.2 Å². The number of nitrogens with zero attached hydrogens (tertiary/aromatic N) is 1. The minimum absolute atomic E-state index is 0.182. The summed E-state index contributed by atoms with van der Waals surface area (Å²) in [4.78, 5) is 1.97. The molecule has 0 saturated carbocycles. The molecule has 0 aromatic heterocycles. The molecule has 1 fully saturated rings. The first-order chi connectivity index (χ1) is 7.57. The van der Waals surface area contributed by atoms with Crippen molar-refractivity contribution in [3.63, 3.8) is 0 Å². The van der Waals surface area contributed by atoms with Crippen molar-refractivity contribution in [3.8, 4) is 0 Å². The highest BCUT2D eigenvalue weighted by atomic mass is 32.2. The Morgan fingerprint density at radius 3 is 2.44 bits per heavy atom. The van der Waals surface area contributed by atoms with E-state index in [2.05, 4.69) is 0 Å². The van der Waals surface area contributed by atoms with E-state index in [4.69, 9.17) is 0 Å². The molecule has 0 aliphatic carbocycles. The lowest BCUT2D eigenvalue weighted by Gasteiger charge is -2.26. The number of sulfone groups is 1. The highest BCUT2D eigenvalue weighted by molar-refractivity contribution is 7.91. The van der Waals surface area contributed by atoms with Gasteiger partial charge in [-0.05, 0) is 6.07 Å². The van der Waals surface area contributed by atoms with Crippen molar-refractivity contribution in [1.82, 2.24) is 4.90 Å². The van der Waals surface area contributed by atoms with Gasteiger partial charge in [-0.1, -0.05) is 18.2 Å². The van der Waals surface area contributed by atoms with Crippen LogP contribution in [-0.4, -0.2) is 37.9 Å². The lowest BCUT2D eigenvalue weighted by atomic mass is 10.2. The average molecular weight is 243 g/mol. The van der Waals surface area contributed by atoms with Gasteiger partial charge < -0.3 is 0 Å². The van der Waals surface area contributed by atoms with Crippen LogP contribution in [0.4, 0.5) is 4.39 Å². The molecular weight excluding hydrogens is 229 g/mol. The van der Waals surface area contributed by atoms with Crippen molar-refractivity contribution in [2.24, 2.45) is 0 Å². The van der Waals surface area contributed by atoms with Gasteiger partial charge in [-0.3, -0.25) is 4.90 Å².